The molecule has 3 aliphatic heterocycles. The van der Waals surface area contributed by atoms with Gasteiger partial charge < -0.3 is 42.9 Å². The summed E-state index contributed by atoms with van der Waals surface area (Å²) < 4.78 is 21.6. The maximum absolute atomic E-state index is 11.6. The van der Waals surface area contributed by atoms with Gasteiger partial charge in [0.15, 0.2) is 24.1 Å². The van der Waals surface area contributed by atoms with Gasteiger partial charge in [0.1, 0.15) is 19.0 Å². The second-order valence-corrected chi connectivity index (χ2v) is 5.83. The third kappa shape index (κ3) is 5.91. The molecule has 0 aromatic carbocycles. The van der Waals surface area contributed by atoms with Crippen LogP contribution in [0.25, 0.3) is 0 Å². The second kappa shape index (κ2) is 10.9. The van der Waals surface area contributed by atoms with Gasteiger partial charge in [-0.3, -0.25) is 19.3 Å². The molecule has 0 bridgehead atoms. The van der Waals surface area contributed by atoms with Crippen molar-refractivity contribution < 1.29 is 76.8 Å². The van der Waals surface area contributed by atoms with E-state index in [1.807, 2.05) is 0 Å². The number of carbonyl (C=O) groups excluding carboxylic acids is 3. The Balaban J connectivity index is 0.00000210. The van der Waals surface area contributed by atoms with Gasteiger partial charge in [-0.05, 0) is 0 Å². The van der Waals surface area contributed by atoms with Crippen molar-refractivity contribution in [3.63, 3.8) is 0 Å². The fourth-order valence-corrected chi connectivity index (χ4v) is 2.84. The molecule has 29 heavy (non-hydrogen) atoms. The van der Waals surface area contributed by atoms with Crippen LogP contribution in [0.4, 0.5) is 0 Å². The summed E-state index contributed by atoms with van der Waals surface area (Å²) in [6.45, 7) is 3.50. The van der Waals surface area contributed by atoms with E-state index in [1.165, 1.54) is 38.3 Å². The fraction of sp³-hybridized carbons (Fsp3) is 0.500. The molecular formula is C16H17IN4O7Zn-. The van der Waals surface area contributed by atoms with Crippen molar-refractivity contribution in [2.24, 2.45) is 15.0 Å². The minimum atomic E-state index is -1.00. The number of esters is 3. The van der Waals surface area contributed by atoms with Gasteiger partial charge >= 0.3 is 17.9 Å². The van der Waals surface area contributed by atoms with Crippen LogP contribution in [0.1, 0.15) is 20.8 Å². The zero-order chi connectivity index (χ0) is 19.6. The van der Waals surface area contributed by atoms with Gasteiger partial charge in [-0.15, -0.1) is 0 Å². The van der Waals surface area contributed by atoms with Crippen molar-refractivity contribution in [3.05, 3.63) is 11.9 Å². The monoisotopic (exact) mass is 568 g/mol. The van der Waals surface area contributed by atoms with E-state index in [4.69, 9.17) is 18.9 Å². The average molecular weight is 570 g/mol. The van der Waals surface area contributed by atoms with Crippen LogP contribution in [0.15, 0.2) is 20.7 Å². The predicted molar refractivity (Wildman–Crippen MR) is 89.4 cm³/mol. The molecule has 13 heteroatoms. The van der Waals surface area contributed by atoms with Crippen LogP contribution in [0.3, 0.4) is 0 Å². The molecule has 0 N–H and O–H groups in total. The van der Waals surface area contributed by atoms with Crippen LogP contribution >= 0.6 is 0 Å². The molecule has 0 aromatic rings. The van der Waals surface area contributed by atoms with E-state index in [1.54, 1.807) is 0 Å². The number of ether oxygens (including phenoxy) is 4. The number of halogens is 1. The summed E-state index contributed by atoms with van der Waals surface area (Å²) in [5.41, 5.74) is 0.384. The van der Waals surface area contributed by atoms with E-state index >= 15 is 0 Å². The van der Waals surface area contributed by atoms with E-state index in [-0.39, 0.29) is 50.1 Å². The maximum atomic E-state index is 11.6. The standard InChI is InChI=1S/C16H17N4O7.HI.Zn/c1-8(21)24-5-12-13(25-9(2)22)14(26-10(3)23)16(27-12)20-7-19-11-4-17-6-18-15(11)20;;/h6-7,12-14,16H,5H2,1-3H3;1H;/p-1/t12-,13-,14-,16-;;/m1../s1. The molecule has 0 unspecified atom stereocenters. The zero-order valence-electron chi connectivity index (χ0n) is 15.9. The van der Waals surface area contributed by atoms with Crippen molar-refractivity contribution in [2.75, 3.05) is 6.61 Å². The molecule has 0 aliphatic carbocycles. The molecule has 0 saturated carbocycles. The van der Waals surface area contributed by atoms with Crippen LogP contribution in [-0.4, -0.2) is 72.5 Å². The van der Waals surface area contributed by atoms with Gasteiger partial charge in [-0.1, -0.05) is 0 Å². The summed E-state index contributed by atoms with van der Waals surface area (Å²) in [5, 5.41) is 0. The Hall–Kier alpha value is -1.69. The van der Waals surface area contributed by atoms with Gasteiger partial charge in [0.25, 0.3) is 0 Å². The number of aliphatic imine (C=N–C) groups is 3. The Morgan fingerprint density at radius 1 is 1.10 bits per heavy atom. The third-order valence-corrected chi connectivity index (χ3v) is 3.79. The topological polar surface area (TPSA) is 128 Å². The molecule has 1 radical (unpaired) electrons. The Morgan fingerprint density at radius 2 is 1.76 bits per heavy atom. The molecule has 0 spiro atoms. The molecule has 4 atom stereocenters. The molecule has 3 heterocycles. The van der Waals surface area contributed by atoms with E-state index in [0.29, 0.717) is 11.9 Å². The molecular weight excluding hydrogens is 552 g/mol. The SMILES string of the molecule is CC(=O)OC[C@H]1O[C@@H](N2C=NC3=C=NC=N[C]32)[C@H](OC(C)=O)[C@@H]1OC(C)=O.[I-].[Zn]. The van der Waals surface area contributed by atoms with Crippen LogP contribution in [0.5, 0.6) is 0 Å². The molecule has 1 fully saturated rings. The van der Waals surface area contributed by atoms with Crippen molar-refractivity contribution in [3.8, 4) is 0 Å². The number of hydrogen-bond acceptors (Lipinski definition) is 11. The van der Waals surface area contributed by atoms with E-state index in [9.17, 15) is 14.4 Å². The van der Waals surface area contributed by atoms with E-state index < -0.39 is 42.4 Å². The molecule has 1 saturated heterocycles. The number of hydrogen-bond donors (Lipinski definition) is 0. The number of fused-ring (bicyclic) bond motifs is 1. The normalized spacial score (nSPS) is 26.7. The molecule has 11 nitrogen and oxygen atoms in total. The van der Waals surface area contributed by atoms with Crippen molar-refractivity contribution in [2.45, 2.75) is 45.3 Å². The summed E-state index contributed by atoms with van der Waals surface area (Å²) in [6.07, 6.45) is -0.644. The van der Waals surface area contributed by atoms with Crippen molar-refractivity contribution in [1.82, 2.24) is 4.90 Å². The Labute approximate surface area is 196 Å². The third-order valence-electron chi connectivity index (χ3n) is 3.79. The molecule has 3 aliphatic rings. The summed E-state index contributed by atoms with van der Waals surface area (Å²) in [6, 6.07) is 0. The van der Waals surface area contributed by atoms with Crippen LogP contribution in [0, 0.1) is 6.17 Å². The molecule has 0 aromatic heterocycles. The first kappa shape index (κ1) is 25.3. The minimum Gasteiger partial charge on any atom is -1.00 e. The predicted octanol–water partition coefficient (Wildman–Crippen LogP) is -3.43. The van der Waals surface area contributed by atoms with Gasteiger partial charge in [0, 0.05) is 46.1 Å². The van der Waals surface area contributed by atoms with Gasteiger partial charge in [0.05, 0.1) is 6.34 Å². The number of rotatable bonds is 5. The molecule has 153 valence electrons. The Kier molecular flexibility index (Phi) is 9.54. The van der Waals surface area contributed by atoms with E-state index in [0.717, 1.165) is 0 Å². The summed E-state index contributed by atoms with van der Waals surface area (Å²) in [4.78, 5) is 47.9. The quantitative estimate of drug-likeness (QED) is 0.145. The molecule has 3 rings (SSSR count). The first-order valence-electron chi connectivity index (χ1n) is 8.05. The second-order valence-electron chi connectivity index (χ2n) is 5.83. The first-order valence-corrected chi connectivity index (χ1v) is 8.05. The molecule has 0 amide bonds. The van der Waals surface area contributed by atoms with Gasteiger partial charge in [0.2, 0.25) is 6.17 Å². The summed E-state index contributed by atoms with van der Waals surface area (Å²) in [5.74, 6) is 0.968. The largest absolute Gasteiger partial charge is 1.00 e. The van der Waals surface area contributed by atoms with Gasteiger partial charge in [-0.25, -0.2) is 9.98 Å². The zero-order valence-corrected chi connectivity index (χ0v) is 21.0. The fourth-order valence-electron chi connectivity index (χ4n) is 2.84. The first-order chi connectivity index (χ1) is 12.9. The van der Waals surface area contributed by atoms with Crippen LogP contribution < -0.4 is 24.0 Å². The van der Waals surface area contributed by atoms with Crippen LogP contribution in [0.2, 0.25) is 0 Å². The summed E-state index contributed by atoms with van der Waals surface area (Å²) in [7, 11) is 0. The Morgan fingerprint density at radius 3 is 2.38 bits per heavy atom. The van der Waals surface area contributed by atoms with Gasteiger partial charge in [-0.2, -0.15) is 4.99 Å². The minimum absolute atomic E-state index is 0. The van der Waals surface area contributed by atoms with Crippen molar-refractivity contribution >= 4 is 36.5 Å². The Bertz CT molecular complexity index is 783. The summed E-state index contributed by atoms with van der Waals surface area (Å²) >= 11 is 0. The number of nitrogens with zero attached hydrogens (tertiary/aromatic N) is 4. The van der Waals surface area contributed by atoms with E-state index in [2.05, 4.69) is 20.8 Å². The average Bonchev–Trinajstić information content (AvgIpc) is 3.15. The maximum Gasteiger partial charge on any atom is 0.303 e. The van der Waals surface area contributed by atoms with Crippen molar-refractivity contribution in [1.29, 1.82) is 0 Å². The smallest absolute Gasteiger partial charge is 0.303 e. The number of carbonyl (C=O) groups is 3. The van der Waals surface area contributed by atoms with Crippen LogP contribution in [-0.2, 0) is 52.8 Å².